The molecule has 1 aromatic carbocycles. The van der Waals surface area contributed by atoms with Crippen LogP contribution >= 0.6 is 0 Å². The Kier molecular flexibility index (Phi) is 2.36. The lowest BCUT2D eigenvalue weighted by Crippen LogP contribution is -2.13. The van der Waals surface area contributed by atoms with Crippen LogP contribution in [-0.2, 0) is 0 Å². The van der Waals surface area contributed by atoms with Crippen molar-refractivity contribution in [3.05, 3.63) is 58.5 Å². The summed E-state index contributed by atoms with van der Waals surface area (Å²) in [5, 5.41) is 9.32. The second kappa shape index (κ2) is 4.03. The van der Waals surface area contributed by atoms with Gasteiger partial charge in [-0.05, 0) is 5.56 Å². The molecular formula is C14H10N4O. The number of hydrogen-bond acceptors (Lipinski definition) is 3. The lowest BCUT2D eigenvalue weighted by molar-refractivity contribution is 1.08. The summed E-state index contributed by atoms with van der Waals surface area (Å²) in [6.45, 7) is 0. The summed E-state index contributed by atoms with van der Waals surface area (Å²) in [5.74, 6) is 0.242. The van der Waals surface area contributed by atoms with Gasteiger partial charge >= 0.3 is 0 Å². The van der Waals surface area contributed by atoms with Gasteiger partial charge < -0.3 is 10.7 Å². The van der Waals surface area contributed by atoms with E-state index in [0.717, 1.165) is 5.56 Å². The molecule has 0 aliphatic heterocycles. The number of aromatic amines is 1. The molecule has 3 N–H and O–H groups in total. The van der Waals surface area contributed by atoms with Crippen molar-refractivity contribution in [1.29, 1.82) is 5.26 Å². The highest BCUT2D eigenvalue weighted by Crippen LogP contribution is 2.26. The molecule has 3 rings (SSSR count). The third kappa shape index (κ3) is 1.67. The van der Waals surface area contributed by atoms with E-state index in [0.29, 0.717) is 16.8 Å². The first-order chi connectivity index (χ1) is 9.20. The van der Waals surface area contributed by atoms with Gasteiger partial charge in [-0.1, -0.05) is 30.3 Å². The Balaban J connectivity index is 2.43. The van der Waals surface area contributed by atoms with E-state index in [1.165, 1.54) is 10.5 Å². The van der Waals surface area contributed by atoms with Gasteiger partial charge in [-0.25, -0.2) is 0 Å². The highest BCUT2D eigenvalue weighted by Gasteiger charge is 2.14. The van der Waals surface area contributed by atoms with Gasteiger partial charge in [-0.2, -0.15) is 5.26 Å². The number of nitrogen functional groups attached to an aromatic ring is 1. The van der Waals surface area contributed by atoms with Crippen LogP contribution in [0, 0.1) is 11.3 Å². The zero-order valence-electron chi connectivity index (χ0n) is 9.92. The van der Waals surface area contributed by atoms with Gasteiger partial charge in [-0.15, -0.1) is 0 Å². The number of nitrogens with zero attached hydrogens (tertiary/aromatic N) is 2. The van der Waals surface area contributed by atoms with Crippen LogP contribution < -0.4 is 11.3 Å². The Morgan fingerprint density at radius 3 is 2.68 bits per heavy atom. The molecule has 19 heavy (non-hydrogen) atoms. The second-order valence-electron chi connectivity index (χ2n) is 4.18. The average molecular weight is 250 g/mol. The fraction of sp³-hybridized carbons (Fsp3) is 0. The van der Waals surface area contributed by atoms with Gasteiger partial charge in [0.2, 0.25) is 0 Å². The lowest BCUT2D eigenvalue weighted by Gasteiger charge is -1.97. The SMILES string of the molecule is N#Cc1c(-c2ccccc2)cn2c(=O)cc(N)[nH]c12. The van der Waals surface area contributed by atoms with E-state index in [1.807, 2.05) is 30.3 Å². The lowest BCUT2D eigenvalue weighted by atomic mass is 10.1. The van der Waals surface area contributed by atoms with Gasteiger partial charge in [0, 0.05) is 17.8 Å². The Hall–Kier alpha value is -3.00. The van der Waals surface area contributed by atoms with E-state index in [4.69, 9.17) is 5.73 Å². The molecule has 5 nitrogen and oxygen atoms in total. The molecule has 3 aromatic rings. The summed E-state index contributed by atoms with van der Waals surface area (Å²) in [5.41, 5.74) is 7.79. The molecule has 0 saturated carbocycles. The molecule has 0 aliphatic carbocycles. The topological polar surface area (TPSA) is 87.1 Å². The number of nitrogens with one attached hydrogen (secondary N) is 1. The summed E-state index contributed by atoms with van der Waals surface area (Å²) < 4.78 is 1.40. The fourth-order valence-corrected chi connectivity index (χ4v) is 2.13. The molecule has 0 fully saturated rings. The summed E-state index contributed by atoms with van der Waals surface area (Å²) in [7, 11) is 0. The maximum absolute atomic E-state index is 11.9. The van der Waals surface area contributed by atoms with E-state index in [1.54, 1.807) is 6.20 Å². The molecule has 2 heterocycles. The molecule has 2 aromatic heterocycles. The maximum atomic E-state index is 11.9. The smallest absolute Gasteiger partial charge is 0.259 e. The van der Waals surface area contributed by atoms with E-state index >= 15 is 0 Å². The molecule has 0 spiro atoms. The number of benzene rings is 1. The van der Waals surface area contributed by atoms with Crippen molar-refractivity contribution in [3.63, 3.8) is 0 Å². The minimum atomic E-state index is -0.259. The predicted octanol–water partition coefficient (Wildman–Crippen LogP) is 1.75. The monoisotopic (exact) mass is 250 g/mol. The molecule has 0 atom stereocenters. The minimum Gasteiger partial charge on any atom is -0.385 e. The number of anilines is 1. The quantitative estimate of drug-likeness (QED) is 0.689. The standard InChI is InChI=1S/C14H10N4O/c15-7-10-11(9-4-2-1-3-5-9)8-18-13(19)6-12(16)17-14(10)18/h1-6,8,17H,16H2. The first-order valence-electron chi connectivity index (χ1n) is 5.70. The minimum absolute atomic E-state index is 0.242. The van der Waals surface area contributed by atoms with Gasteiger partial charge in [0.15, 0.2) is 0 Å². The molecule has 92 valence electrons. The zero-order valence-corrected chi connectivity index (χ0v) is 9.92. The summed E-state index contributed by atoms with van der Waals surface area (Å²) in [6.07, 6.45) is 1.65. The Morgan fingerprint density at radius 1 is 1.26 bits per heavy atom. The van der Waals surface area contributed by atoms with Crippen molar-refractivity contribution in [2.45, 2.75) is 0 Å². The summed E-state index contributed by atoms with van der Waals surface area (Å²) in [4.78, 5) is 14.7. The molecule has 0 radical (unpaired) electrons. The van der Waals surface area contributed by atoms with Crippen molar-refractivity contribution < 1.29 is 0 Å². The second-order valence-corrected chi connectivity index (χ2v) is 4.18. The van der Waals surface area contributed by atoms with Crippen LogP contribution in [0.3, 0.4) is 0 Å². The van der Waals surface area contributed by atoms with Crippen molar-refractivity contribution in [3.8, 4) is 17.2 Å². The number of nitrogens with two attached hydrogens (primary N) is 1. The van der Waals surface area contributed by atoms with E-state index < -0.39 is 0 Å². The molecule has 0 bridgehead atoms. The number of aromatic nitrogens is 2. The van der Waals surface area contributed by atoms with Crippen LogP contribution in [-0.4, -0.2) is 9.38 Å². The molecule has 0 aliphatic rings. The van der Waals surface area contributed by atoms with Gasteiger partial charge in [0.05, 0.1) is 0 Å². The largest absolute Gasteiger partial charge is 0.385 e. The maximum Gasteiger partial charge on any atom is 0.259 e. The number of H-pyrrole nitrogens is 1. The number of fused-ring (bicyclic) bond motifs is 1. The highest BCUT2D eigenvalue weighted by atomic mass is 16.1. The molecule has 0 saturated heterocycles. The van der Waals surface area contributed by atoms with Crippen molar-refractivity contribution >= 4 is 11.5 Å². The van der Waals surface area contributed by atoms with Gasteiger partial charge in [0.1, 0.15) is 23.1 Å². The van der Waals surface area contributed by atoms with Crippen LogP contribution in [0.2, 0.25) is 0 Å². The zero-order chi connectivity index (χ0) is 13.4. The van der Waals surface area contributed by atoms with Crippen molar-refractivity contribution in [2.75, 3.05) is 5.73 Å². The van der Waals surface area contributed by atoms with Crippen molar-refractivity contribution in [2.24, 2.45) is 0 Å². The average Bonchev–Trinajstić information content (AvgIpc) is 2.78. The third-order valence-electron chi connectivity index (χ3n) is 2.98. The normalized spacial score (nSPS) is 10.5. The number of rotatable bonds is 1. The molecule has 5 heteroatoms. The summed E-state index contributed by atoms with van der Waals surface area (Å²) in [6, 6.07) is 12.9. The molecular weight excluding hydrogens is 240 g/mol. The number of hydrogen-bond donors (Lipinski definition) is 2. The van der Waals surface area contributed by atoms with Crippen LogP contribution in [0.15, 0.2) is 47.4 Å². The van der Waals surface area contributed by atoms with E-state index in [2.05, 4.69) is 11.1 Å². The number of nitriles is 1. The molecule has 0 amide bonds. The van der Waals surface area contributed by atoms with Crippen LogP contribution in [0.25, 0.3) is 16.8 Å². The Bertz CT molecular complexity index is 853. The van der Waals surface area contributed by atoms with Crippen LogP contribution in [0.4, 0.5) is 5.82 Å². The first-order valence-corrected chi connectivity index (χ1v) is 5.70. The van der Waals surface area contributed by atoms with Crippen molar-refractivity contribution in [1.82, 2.24) is 9.38 Å². The van der Waals surface area contributed by atoms with E-state index in [-0.39, 0.29) is 11.4 Å². The van der Waals surface area contributed by atoms with Gasteiger partial charge in [-0.3, -0.25) is 9.20 Å². The summed E-state index contributed by atoms with van der Waals surface area (Å²) >= 11 is 0. The Labute approximate surface area is 108 Å². The highest BCUT2D eigenvalue weighted by molar-refractivity contribution is 5.79. The van der Waals surface area contributed by atoms with Gasteiger partial charge in [0.25, 0.3) is 5.56 Å². The van der Waals surface area contributed by atoms with Crippen LogP contribution in [0.5, 0.6) is 0 Å². The fourth-order valence-electron chi connectivity index (χ4n) is 2.13. The van der Waals surface area contributed by atoms with Crippen LogP contribution in [0.1, 0.15) is 5.56 Å². The third-order valence-corrected chi connectivity index (χ3v) is 2.98. The Morgan fingerprint density at radius 2 is 2.00 bits per heavy atom. The predicted molar refractivity (Wildman–Crippen MR) is 72.6 cm³/mol. The molecule has 0 unspecified atom stereocenters. The van der Waals surface area contributed by atoms with E-state index in [9.17, 15) is 10.1 Å². The first kappa shape index (κ1) is 11.1.